The Hall–Kier alpha value is -0.940. The van der Waals surface area contributed by atoms with Gasteiger partial charge in [-0.3, -0.25) is 0 Å². The van der Waals surface area contributed by atoms with Crippen LogP contribution in [0.2, 0.25) is 0 Å². The Labute approximate surface area is 126 Å². The number of nitrogens with zero attached hydrogens (tertiary/aromatic N) is 2. The average molecular weight is 293 g/mol. The van der Waals surface area contributed by atoms with Crippen molar-refractivity contribution in [2.75, 3.05) is 20.2 Å². The van der Waals surface area contributed by atoms with Crippen molar-refractivity contribution in [1.82, 2.24) is 15.5 Å². The van der Waals surface area contributed by atoms with E-state index < -0.39 is 0 Å². The van der Waals surface area contributed by atoms with Crippen molar-refractivity contribution in [3.63, 3.8) is 0 Å². The zero-order valence-corrected chi connectivity index (χ0v) is 13.4. The van der Waals surface area contributed by atoms with Crippen LogP contribution < -0.4 is 5.32 Å². The van der Waals surface area contributed by atoms with Crippen LogP contribution in [-0.4, -0.2) is 30.3 Å². The predicted molar refractivity (Wildman–Crippen MR) is 80.1 cm³/mol. The average Bonchev–Trinajstić information content (AvgIpc) is 2.99. The summed E-state index contributed by atoms with van der Waals surface area (Å²) in [5, 5.41) is 7.66. The van der Waals surface area contributed by atoms with Crippen molar-refractivity contribution in [1.29, 1.82) is 0 Å². The molecule has 1 saturated heterocycles. The second-order valence-corrected chi connectivity index (χ2v) is 7.36. The summed E-state index contributed by atoms with van der Waals surface area (Å²) in [6.45, 7) is 6.67. The molecular weight excluding hydrogens is 266 g/mol. The Bertz CT molecular complexity index is 468. The number of hydrogen-bond donors (Lipinski definition) is 1. The summed E-state index contributed by atoms with van der Waals surface area (Å²) in [7, 11) is 1.77. The van der Waals surface area contributed by atoms with Gasteiger partial charge >= 0.3 is 0 Å². The first kappa shape index (κ1) is 15.0. The SMILES string of the molecule is COC1(c2noc([C@@H]3CCCNC3)n2)CCC(C)(C)CC1. The molecule has 0 bridgehead atoms. The molecule has 0 spiro atoms. The fraction of sp³-hybridized carbons (Fsp3) is 0.875. The molecule has 5 nitrogen and oxygen atoms in total. The van der Waals surface area contributed by atoms with Crippen molar-refractivity contribution in [3.8, 4) is 0 Å². The summed E-state index contributed by atoms with van der Waals surface area (Å²) in [6, 6.07) is 0. The van der Waals surface area contributed by atoms with Gasteiger partial charge in [0.2, 0.25) is 11.7 Å². The smallest absolute Gasteiger partial charge is 0.231 e. The molecule has 0 aromatic carbocycles. The standard InChI is InChI=1S/C16H27N3O2/c1-15(2)6-8-16(20-3,9-7-15)14-18-13(21-19-14)12-5-4-10-17-11-12/h12,17H,4-11H2,1-3H3/t12-/m1/s1. The molecule has 0 amide bonds. The molecule has 1 aliphatic carbocycles. The number of nitrogens with one attached hydrogen (secondary N) is 1. The van der Waals surface area contributed by atoms with Crippen LogP contribution in [0.1, 0.15) is 70.0 Å². The third-order valence-electron chi connectivity index (χ3n) is 5.30. The Morgan fingerprint density at radius 1 is 1.24 bits per heavy atom. The van der Waals surface area contributed by atoms with Gasteiger partial charge in [0.05, 0.1) is 5.92 Å². The summed E-state index contributed by atoms with van der Waals surface area (Å²) in [5.74, 6) is 1.88. The van der Waals surface area contributed by atoms with Crippen molar-refractivity contribution in [2.45, 2.75) is 63.9 Å². The predicted octanol–water partition coefficient (Wildman–Crippen LogP) is 2.98. The third-order valence-corrected chi connectivity index (χ3v) is 5.30. The van der Waals surface area contributed by atoms with Crippen molar-refractivity contribution < 1.29 is 9.26 Å². The largest absolute Gasteiger partial charge is 0.370 e. The summed E-state index contributed by atoms with van der Waals surface area (Å²) in [4.78, 5) is 4.71. The van der Waals surface area contributed by atoms with Gasteiger partial charge in [0, 0.05) is 13.7 Å². The molecule has 3 rings (SSSR count). The fourth-order valence-electron chi connectivity index (χ4n) is 3.50. The zero-order chi connectivity index (χ0) is 14.9. The van der Waals surface area contributed by atoms with Crippen LogP contribution in [0, 0.1) is 5.41 Å². The molecule has 0 radical (unpaired) electrons. The first-order valence-electron chi connectivity index (χ1n) is 8.15. The maximum Gasteiger partial charge on any atom is 0.231 e. The highest BCUT2D eigenvalue weighted by Gasteiger charge is 2.43. The van der Waals surface area contributed by atoms with Crippen molar-refractivity contribution >= 4 is 0 Å². The minimum Gasteiger partial charge on any atom is -0.370 e. The Morgan fingerprint density at radius 2 is 2.00 bits per heavy atom. The topological polar surface area (TPSA) is 60.2 Å². The second-order valence-electron chi connectivity index (χ2n) is 7.36. The van der Waals surface area contributed by atoms with E-state index in [2.05, 4.69) is 24.3 Å². The minimum absolute atomic E-state index is 0.348. The first-order valence-corrected chi connectivity index (χ1v) is 8.15. The minimum atomic E-state index is -0.348. The molecule has 2 aliphatic rings. The highest BCUT2D eigenvalue weighted by Crippen LogP contribution is 2.46. The highest BCUT2D eigenvalue weighted by atomic mass is 16.5. The van der Waals surface area contributed by atoms with Gasteiger partial charge in [0.1, 0.15) is 5.60 Å². The molecule has 1 aromatic rings. The van der Waals surface area contributed by atoms with Crippen LogP contribution in [0.5, 0.6) is 0 Å². The molecule has 1 N–H and O–H groups in total. The first-order chi connectivity index (χ1) is 10.0. The van der Waals surface area contributed by atoms with Crippen molar-refractivity contribution in [3.05, 3.63) is 11.7 Å². The van der Waals surface area contributed by atoms with Crippen LogP contribution in [0.3, 0.4) is 0 Å². The number of piperidine rings is 1. The van der Waals surface area contributed by atoms with Gasteiger partial charge in [0.15, 0.2) is 0 Å². The van der Waals surface area contributed by atoms with Crippen LogP contribution in [-0.2, 0) is 10.3 Å². The van der Waals surface area contributed by atoms with E-state index in [1.165, 1.54) is 6.42 Å². The van der Waals surface area contributed by atoms with E-state index >= 15 is 0 Å². The van der Waals surface area contributed by atoms with Crippen LogP contribution in [0.4, 0.5) is 0 Å². The van der Waals surface area contributed by atoms with Crippen LogP contribution >= 0.6 is 0 Å². The molecule has 2 heterocycles. The molecular formula is C16H27N3O2. The third kappa shape index (κ3) is 2.99. The van der Waals surface area contributed by atoms with Gasteiger partial charge in [-0.05, 0) is 50.5 Å². The Morgan fingerprint density at radius 3 is 2.62 bits per heavy atom. The highest BCUT2D eigenvalue weighted by molar-refractivity contribution is 5.07. The summed E-state index contributed by atoms with van der Waals surface area (Å²) in [5.41, 5.74) is 0.0429. The summed E-state index contributed by atoms with van der Waals surface area (Å²) >= 11 is 0. The van der Waals surface area contributed by atoms with E-state index in [0.29, 0.717) is 11.3 Å². The van der Waals surface area contributed by atoms with Crippen LogP contribution in [0.15, 0.2) is 4.52 Å². The fourth-order valence-corrected chi connectivity index (χ4v) is 3.50. The van der Waals surface area contributed by atoms with Crippen LogP contribution in [0.25, 0.3) is 0 Å². The normalized spacial score (nSPS) is 28.4. The number of aromatic nitrogens is 2. The van der Waals surface area contributed by atoms with E-state index in [9.17, 15) is 0 Å². The summed E-state index contributed by atoms with van der Waals surface area (Å²) < 4.78 is 11.4. The van der Waals surface area contributed by atoms with Gasteiger partial charge in [-0.2, -0.15) is 4.98 Å². The lowest BCUT2D eigenvalue weighted by atomic mass is 9.70. The maximum atomic E-state index is 5.86. The molecule has 118 valence electrons. The quantitative estimate of drug-likeness (QED) is 0.928. The van der Waals surface area contributed by atoms with Gasteiger partial charge in [-0.15, -0.1) is 0 Å². The number of hydrogen-bond acceptors (Lipinski definition) is 5. The number of rotatable bonds is 3. The maximum absolute atomic E-state index is 5.86. The number of ether oxygens (including phenoxy) is 1. The molecule has 1 aliphatic heterocycles. The van der Waals surface area contributed by atoms with Gasteiger partial charge in [-0.1, -0.05) is 19.0 Å². The van der Waals surface area contributed by atoms with Gasteiger partial charge < -0.3 is 14.6 Å². The molecule has 5 heteroatoms. The molecule has 1 aromatic heterocycles. The van der Waals surface area contributed by atoms with E-state index in [-0.39, 0.29) is 5.60 Å². The van der Waals surface area contributed by atoms with E-state index in [0.717, 1.165) is 56.9 Å². The zero-order valence-electron chi connectivity index (χ0n) is 13.4. The molecule has 21 heavy (non-hydrogen) atoms. The van der Waals surface area contributed by atoms with E-state index in [1.807, 2.05) is 0 Å². The second kappa shape index (κ2) is 5.69. The molecule has 0 unspecified atom stereocenters. The Kier molecular flexibility index (Phi) is 4.06. The summed E-state index contributed by atoms with van der Waals surface area (Å²) in [6.07, 6.45) is 6.51. The lowest BCUT2D eigenvalue weighted by molar-refractivity contribution is -0.0740. The monoisotopic (exact) mass is 293 g/mol. The van der Waals surface area contributed by atoms with E-state index in [4.69, 9.17) is 14.2 Å². The number of methoxy groups -OCH3 is 1. The molecule has 1 atom stereocenters. The van der Waals surface area contributed by atoms with E-state index in [1.54, 1.807) is 7.11 Å². The van der Waals surface area contributed by atoms with Gasteiger partial charge in [-0.25, -0.2) is 0 Å². The van der Waals surface area contributed by atoms with Gasteiger partial charge in [0.25, 0.3) is 0 Å². The Balaban J connectivity index is 1.77. The lowest BCUT2D eigenvalue weighted by Gasteiger charge is -2.40. The van der Waals surface area contributed by atoms with Crippen molar-refractivity contribution in [2.24, 2.45) is 5.41 Å². The molecule has 1 saturated carbocycles. The lowest BCUT2D eigenvalue weighted by Crippen LogP contribution is -2.37. The molecule has 2 fully saturated rings.